The smallest absolute Gasteiger partial charge is 0.394 e. The van der Waals surface area contributed by atoms with Crippen molar-refractivity contribution in [2.45, 2.75) is 136 Å². The van der Waals surface area contributed by atoms with Gasteiger partial charge in [-0.25, -0.2) is 4.57 Å². The van der Waals surface area contributed by atoms with E-state index in [1.807, 2.05) is 0 Å². The Labute approximate surface area is 340 Å². The first-order chi connectivity index (χ1) is 28.3. The molecule has 4 aliphatic heterocycles. The molecule has 17 N–H and O–H groups in total. The fraction of sp³-hybridized carbons (Fsp3) is 0.968. The van der Waals surface area contributed by atoms with E-state index >= 15 is 0 Å². The Bertz CT molecular complexity index is 1360. The summed E-state index contributed by atoms with van der Waals surface area (Å²) in [6.07, 6.45) is -35.3. The van der Waals surface area contributed by atoms with Gasteiger partial charge in [0.15, 0.2) is 18.9 Å². The van der Waals surface area contributed by atoms with Gasteiger partial charge < -0.3 is 115 Å². The van der Waals surface area contributed by atoms with Gasteiger partial charge >= 0.3 is 7.82 Å². The predicted molar refractivity (Wildman–Crippen MR) is 186 cm³/mol. The molecule has 0 aromatic rings. The average molecular weight is 905 g/mol. The van der Waals surface area contributed by atoms with Gasteiger partial charge in [-0.15, -0.1) is 0 Å². The predicted octanol–water partition coefficient (Wildman–Crippen LogP) is -10.5. The summed E-state index contributed by atoms with van der Waals surface area (Å²) in [6, 6.07) is -1.66. The zero-order valence-electron chi connectivity index (χ0n) is 31.9. The maximum atomic E-state index is 12.3. The van der Waals surface area contributed by atoms with Crippen molar-refractivity contribution in [1.29, 1.82) is 0 Å². The zero-order valence-corrected chi connectivity index (χ0v) is 32.8. The van der Waals surface area contributed by atoms with Gasteiger partial charge in [0, 0.05) is 13.5 Å². The fourth-order valence-electron chi connectivity index (χ4n) is 6.77. The summed E-state index contributed by atoms with van der Waals surface area (Å²) in [5.41, 5.74) is 0. The summed E-state index contributed by atoms with van der Waals surface area (Å²) in [4.78, 5) is 22.0. The van der Waals surface area contributed by atoms with Crippen LogP contribution in [0.15, 0.2) is 0 Å². The average Bonchev–Trinajstić information content (AvgIpc) is 3.22. The monoisotopic (exact) mass is 904 g/mol. The maximum absolute atomic E-state index is 12.3. The molecule has 22 atom stereocenters. The third kappa shape index (κ3) is 12.5. The summed E-state index contributed by atoms with van der Waals surface area (Å²) in [6.45, 7) is -4.88. The molecule has 28 nitrogen and oxygen atoms in total. The van der Waals surface area contributed by atoms with Crippen LogP contribution in [0.25, 0.3) is 0 Å². The lowest BCUT2D eigenvalue weighted by Gasteiger charge is -2.50. The van der Waals surface area contributed by atoms with Gasteiger partial charge in [0.1, 0.15) is 110 Å². The van der Waals surface area contributed by atoms with Crippen molar-refractivity contribution in [1.82, 2.24) is 10.6 Å². The Hall–Kier alpha value is -1.30. The van der Waals surface area contributed by atoms with Crippen LogP contribution in [0, 0.1) is 0 Å². The van der Waals surface area contributed by atoms with Crippen molar-refractivity contribution in [3.05, 3.63) is 0 Å². The molecule has 29 heteroatoms. The van der Waals surface area contributed by atoms with Crippen LogP contribution in [0.4, 0.5) is 0 Å². The minimum absolute atomic E-state index is 0.316. The van der Waals surface area contributed by atoms with E-state index in [9.17, 15) is 80.6 Å². The van der Waals surface area contributed by atoms with E-state index in [0.717, 1.165) is 6.92 Å². The molecule has 4 saturated heterocycles. The van der Waals surface area contributed by atoms with E-state index in [1.165, 1.54) is 0 Å². The van der Waals surface area contributed by atoms with Gasteiger partial charge in [-0.2, -0.15) is 0 Å². The molecule has 0 bridgehead atoms. The Morgan fingerprint density at radius 2 is 1.13 bits per heavy atom. The molecule has 60 heavy (non-hydrogen) atoms. The highest BCUT2D eigenvalue weighted by Crippen LogP contribution is 2.43. The second kappa shape index (κ2) is 23.1. The minimum atomic E-state index is -4.67. The van der Waals surface area contributed by atoms with Crippen LogP contribution >= 0.6 is 7.82 Å². The molecule has 1 amide bonds. The molecule has 0 aliphatic carbocycles. The van der Waals surface area contributed by atoms with E-state index in [-0.39, 0.29) is 6.54 Å². The van der Waals surface area contributed by atoms with Gasteiger partial charge in [-0.05, 0) is 0 Å². The second-order valence-corrected chi connectivity index (χ2v) is 15.7. The highest BCUT2D eigenvalue weighted by molar-refractivity contribution is 7.47. The van der Waals surface area contributed by atoms with Crippen LogP contribution in [0.3, 0.4) is 0 Å². The molecular weight excluding hydrogens is 847 g/mol. The summed E-state index contributed by atoms with van der Waals surface area (Å²) >= 11 is 0. The highest BCUT2D eigenvalue weighted by Gasteiger charge is 2.55. The van der Waals surface area contributed by atoms with E-state index in [1.54, 1.807) is 0 Å². The summed E-state index contributed by atoms with van der Waals surface area (Å²) in [5, 5.41) is 150. The maximum Gasteiger partial charge on any atom is 0.472 e. The minimum Gasteiger partial charge on any atom is -0.394 e. The lowest BCUT2D eigenvalue weighted by atomic mass is 9.94. The molecular formula is C31H57N2O26P. The molecule has 3 unspecified atom stereocenters. The van der Waals surface area contributed by atoms with Crippen LogP contribution in [-0.2, 0) is 51.6 Å². The topological polar surface area (TPSA) is 445 Å². The number of aliphatic hydroxyl groups is 14. The number of hydrogen-bond acceptors (Lipinski definition) is 26. The van der Waals surface area contributed by atoms with Crippen LogP contribution in [0.2, 0.25) is 0 Å². The van der Waals surface area contributed by atoms with Gasteiger partial charge in [-0.3, -0.25) is 19.2 Å². The van der Waals surface area contributed by atoms with Crippen molar-refractivity contribution in [2.75, 3.05) is 52.8 Å². The first kappa shape index (κ1) is 51.3. The van der Waals surface area contributed by atoms with Gasteiger partial charge in [0.2, 0.25) is 5.91 Å². The van der Waals surface area contributed by atoms with Crippen molar-refractivity contribution in [2.24, 2.45) is 0 Å². The SMILES string of the molecule is CC(=O)N[C@H]1[C@H](O[C@H]2[C@@H](O)[C@@H](CO)O[C@@H](O[C@H]3[C@H](O)[C@@H](O)C(NCCOP(=O)(O)OCC(O)CO)O[C@@H]3CO)[C@@H]2O)O[C@H](CO)[C@@H](O[C@@H]2O[C@H](CO)[C@H](O)[C@H](O)[C@H]2O)[C@@H]1O. The van der Waals surface area contributed by atoms with Crippen molar-refractivity contribution in [3.8, 4) is 0 Å². The quantitative estimate of drug-likeness (QED) is 0.0398. The molecule has 352 valence electrons. The van der Waals surface area contributed by atoms with E-state index in [4.69, 9.17) is 42.8 Å². The number of ether oxygens (including phenoxy) is 7. The molecule has 4 aliphatic rings. The molecule has 4 heterocycles. The van der Waals surface area contributed by atoms with Gasteiger partial charge in [0.05, 0.1) is 46.2 Å². The Morgan fingerprint density at radius 3 is 1.70 bits per heavy atom. The first-order valence-corrected chi connectivity index (χ1v) is 20.2. The number of amides is 1. The standard InChI is InChI=1S/C31H57N2O26P/c1-10(39)33-16-19(43)25(57-30-23(47)20(44)17(41)12(5-35)54-30)15(8-38)56-29(16)59-27-18(42)13(6-36)55-31(24(27)48)58-26-14(7-37)53-28(22(46)21(26)45)32-2-3-51-60(49,50)52-9-11(40)4-34/h11-32,34-38,40-48H,2-9H2,1H3,(H,33,39)(H,49,50)/t11?,12-,13-,14-,15-,16-,17+,18+,19-,20+,21-,22-,23-,24-,25-,26-,27+,28?,29+,30+,31+/m1/s1. The van der Waals surface area contributed by atoms with Gasteiger partial charge in [0.25, 0.3) is 0 Å². The lowest BCUT2D eigenvalue weighted by Crippen LogP contribution is -2.70. The van der Waals surface area contributed by atoms with E-state index in [0.29, 0.717) is 0 Å². The third-order valence-electron chi connectivity index (χ3n) is 9.97. The van der Waals surface area contributed by atoms with E-state index < -0.39 is 189 Å². The molecule has 4 rings (SSSR count). The second-order valence-electron chi connectivity index (χ2n) is 14.3. The Morgan fingerprint density at radius 1 is 0.617 bits per heavy atom. The number of phosphoric ester groups is 1. The Kier molecular flexibility index (Phi) is 19.7. The molecule has 0 saturated carbocycles. The number of rotatable bonds is 20. The normalized spacial score (nSPS) is 44.2. The number of carbonyl (C=O) groups is 1. The van der Waals surface area contributed by atoms with Crippen LogP contribution in [-0.4, -0.2) is 264 Å². The summed E-state index contributed by atoms with van der Waals surface area (Å²) < 4.78 is 60.7. The number of nitrogens with one attached hydrogen (secondary N) is 2. The number of hydrogen-bond donors (Lipinski definition) is 17. The number of phosphoric acid groups is 1. The van der Waals surface area contributed by atoms with Crippen LogP contribution < -0.4 is 10.6 Å². The first-order valence-electron chi connectivity index (χ1n) is 18.7. The van der Waals surface area contributed by atoms with Crippen LogP contribution in [0.5, 0.6) is 0 Å². The summed E-state index contributed by atoms with van der Waals surface area (Å²) in [7, 11) is -4.67. The zero-order chi connectivity index (χ0) is 44.6. The van der Waals surface area contributed by atoms with Crippen molar-refractivity contribution >= 4 is 13.7 Å². The molecule has 0 radical (unpaired) electrons. The Balaban J connectivity index is 1.45. The van der Waals surface area contributed by atoms with E-state index in [2.05, 4.69) is 15.2 Å². The third-order valence-corrected chi connectivity index (χ3v) is 11.0. The highest BCUT2D eigenvalue weighted by atomic mass is 31.2. The molecule has 4 fully saturated rings. The fourth-order valence-corrected chi connectivity index (χ4v) is 7.52. The van der Waals surface area contributed by atoms with Crippen molar-refractivity contribution in [3.63, 3.8) is 0 Å². The number of carbonyl (C=O) groups excluding carboxylic acids is 1. The van der Waals surface area contributed by atoms with Gasteiger partial charge in [-0.1, -0.05) is 0 Å². The lowest BCUT2D eigenvalue weighted by molar-refractivity contribution is -0.376. The number of aliphatic hydroxyl groups excluding tert-OH is 14. The van der Waals surface area contributed by atoms with Crippen LogP contribution in [0.1, 0.15) is 6.92 Å². The summed E-state index contributed by atoms with van der Waals surface area (Å²) in [5.74, 6) is -0.787. The molecule has 0 spiro atoms. The van der Waals surface area contributed by atoms with Crippen molar-refractivity contribution < 1.29 is 128 Å². The largest absolute Gasteiger partial charge is 0.472 e. The molecule has 0 aromatic carbocycles. The molecule has 0 aromatic heterocycles.